The number of halogens is 2. The number of carbonyl (C=O) groups is 1. The summed E-state index contributed by atoms with van der Waals surface area (Å²) in [4.78, 5) is 10.7. The van der Waals surface area contributed by atoms with Gasteiger partial charge in [-0.25, -0.2) is 4.39 Å². The van der Waals surface area contributed by atoms with Crippen molar-refractivity contribution < 1.29 is 9.18 Å². The van der Waals surface area contributed by atoms with Gasteiger partial charge in [0.15, 0.2) is 0 Å². The molecule has 0 saturated heterocycles. The van der Waals surface area contributed by atoms with Crippen molar-refractivity contribution in [3.8, 4) is 0 Å². The summed E-state index contributed by atoms with van der Waals surface area (Å²) in [5, 5.41) is 3.72. The Balaban J connectivity index is 3.31. The van der Waals surface area contributed by atoms with Gasteiger partial charge in [-0.1, -0.05) is 11.6 Å². The molecule has 0 saturated carbocycles. The average Bonchev–Trinajstić information content (AvgIpc) is 2.28. The topological polar surface area (TPSA) is 60.9 Å². The lowest BCUT2D eigenvalue weighted by Gasteiger charge is -1.92. The van der Waals surface area contributed by atoms with Gasteiger partial charge in [-0.2, -0.15) is 5.10 Å². The number of aryl methyl sites for hydroxylation is 1. The summed E-state index contributed by atoms with van der Waals surface area (Å²) in [5.74, 6) is -0.763. The smallest absolute Gasteiger partial charge is 0.253 e. The van der Waals surface area contributed by atoms with Gasteiger partial charge in [0, 0.05) is 7.05 Å². The molecule has 4 nitrogen and oxygen atoms in total. The van der Waals surface area contributed by atoms with Crippen LogP contribution in [0.1, 0.15) is 16.1 Å². The number of carbonyl (C=O) groups excluding carboxylic acids is 1. The fraction of sp³-hybridized carbons (Fsp3) is 0.333. The second kappa shape index (κ2) is 3.10. The molecule has 1 amide bonds. The van der Waals surface area contributed by atoms with Crippen molar-refractivity contribution in [1.82, 2.24) is 9.78 Å². The van der Waals surface area contributed by atoms with Crippen molar-refractivity contribution in [2.24, 2.45) is 12.8 Å². The molecular formula is C6H7ClFN3O. The highest BCUT2D eigenvalue weighted by atomic mass is 35.5. The molecule has 12 heavy (non-hydrogen) atoms. The minimum Gasteiger partial charge on any atom is -0.365 e. The van der Waals surface area contributed by atoms with Crippen molar-refractivity contribution in [3.63, 3.8) is 0 Å². The van der Waals surface area contributed by atoms with E-state index in [4.69, 9.17) is 17.3 Å². The van der Waals surface area contributed by atoms with E-state index in [-0.39, 0.29) is 16.4 Å². The predicted octanol–water partition coefficient (Wildman–Crippen LogP) is 0.642. The van der Waals surface area contributed by atoms with Gasteiger partial charge in [-0.15, -0.1) is 0 Å². The molecule has 1 rings (SSSR count). The average molecular weight is 192 g/mol. The molecule has 0 aliphatic heterocycles. The van der Waals surface area contributed by atoms with Crippen LogP contribution in [0.15, 0.2) is 0 Å². The molecule has 2 N–H and O–H groups in total. The third-order valence-electron chi connectivity index (χ3n) is 1.42. The Labute approximate surface area is 73.1 Å². The zero-order valence-electron chi connectivity index (χ0n) is 6.34. The quantitative estimate of drug-likeness (QED) is 0.746. The van der Waals surface area contributed by atoms with Crippen molar-refractivity contribution >= 4 is 17.5 Å². The Morgan fingerprint density at radius 2 is 2.42 bits per heavy atom. The van der Waals surface area contributed by atoms with E-state index in [0.29, 0.717) is 0 Å². The Morgan fingerprint density at radius 3 is 2.75 bits per heavy atom. The number of aromatic nitrogens is 2. The van der Waals surface area contributed by atoms with Gasteiger partial charge in [-0.05, 0) is 0 Å². The largest absolute Gasteiger partial charge is 0.365 e. The van der Waals surface area contributed by atoms with Crippen LogP contribution < -0.4 is 5.73 Å². The summed E-state index contributed by atoms with van der Waals surface area (Å²) in [5.41, 5.74) is 4.90. The van der Waals surface area contributed by atoms with E-state index in [0.717, 1.165) is 0 Å². The van der Waals surface area contributed by atoms with Crippen LogP contribution in [0.4, 0.5) is 4.39 Å². The first-order valence-electron chi connectivity index (χ1n) is 3.15. The first-order chi connectivity index (χ1) is 5.57. The molecule has 1 aromatic rings. The molecule has 0 bridgehead atoms. The van der Waals surface area contributed by atoms with Crippen LogP contribution in [0.25, 0.3) is 0 Å². The van der Waals surface area contributed by atoms with E-state index in [1.54, 1.807) is 0 Å². The van der Waals surface area contributed by atoms with Crippen molar-refractivity contribution in [1.29, 1.82) is 0 Å². The summed E-state index contributed by atoms with van der Waals surface area (Å²) in [6, 6.07) is 0. The van der Waals surface area contributed by atoms with E-state index in [9.17, 15) is 9.18 Å². The molecule has 0 radical (unpaired) electrons. The molecule has 0 aliphatic rings. The van der Waals surface area contributed by atoms with Crippen molar-refractivity contribution in [2.75, 3.05) is 0 Å². The highest BCUT2D eigenvalue weighted by Crippen LogP contribution is 2.18. The first kappa shape index (κ1) is 8.99. The van der Waals surface area contributed by atoms with Crippen LogP contribution in [0, 0.1) is 0 Å². The fourth-order valence-corrected chi connectivity index (χ4v) is 1.13. The van der Waals surface area contributed by atoms with E-state index in [1.807, 2.05) is 0 Å². The van der Waals surface area contributed by atoms with Gasteiger partial charge in [0.25, 0.3) is 5.91 Å². The summed E-state index contributed by atoms with van der Waals surface area (Å²) in [6.07, 6.45) is 0. The van der Waals surface area contributed by atoms with Gasteiger partial charge >= 0.3 is 0 Å². The number of nitrogens with two attached hydrogens (primary N) is 1. The number of hydrogen-bond donors (Lipinski definition) is 1. The lowest BCUT2D eigenvalue weighted by atomic mass is 10.2. The molecule has 1 heterocycles. The fourth-order valence-electron chi connectivity index (χ4n) is 0.893. The van der Waals surface area contributed by atoms with Crippen LogP contribution in [0.5, 0.6) is 0 Å². The van der Waals surface area contributed by atoms with E-state index in [1.165, 1.54) is 11.7 Å². The van der Waals surface area contributed by atoms with Gasteiger partial charge in [-0.3, -0.25) is 9.48 Å². The van der Waals surface area contributed by atoms with Crippen LogP contribution in [0.2, 0.25) is 5.15 Å². The van der Waals surface area contributed by atoms with E-state index in [2.05, 4.69) is 5.10 Å². The Kier molecular flexibility index (Phi) is 2.32. The number of hydrogen-bond acceptors (Lipinski definition) is 2. The Morgan fingerprint density at radius 1 is 1.83 bits per heavy atom. The minimum atomic E-state index is -0.848. The summed E-state index contributed by atoms with van der Waals surface area (Å²) in [7, 11) is 1.51. The maximum Gasteiger partial charge on any atom is 0.253 e. The number of nitrogens with zero attached hydrogens (tertiary/aromatic N) is 2. The van der Waals surface area contributed by atoms with Gasteiger partial charge in [0.1, 0.15) is 23.1 Å². The zero-order valence-corrected chi connectivity index (χ0v) is 7.10. The third-order valence-corrected chi connectivity index (χ3v) is 1.86. The number of rotatable bonds is 2. The molecule has 0 aromatic carbocycles. The zero-order chi connectivity index (χ0) is 9.30. The summed E-state index contributed by atoms with van der Waals surface area (Å²) in [6.45, 7) is -0.848. The summed E-state index contributed by atoms with van der Waals surface area (Å²) >= 11 is 5.62. The molecule has 66 valence electrons. The monoisotopic (exact) mass is 191 g/mol. The molecule has 0 aliphatic carbocycles. The molecule has 0 fully saturated rings. The maximum absolute atomic E-state index is 12.2. The Hall–Kier alpha value is -1.10. The Bertz CT molecular complexity index is 323. The van der Waals surface area contributed by atoms with Gasteiger partial charge < -0.3 is 5.73 Å². The molecular weight excluding hydrogens is 185 g/mol. The van der Waals surface area contributed by atoms with Crippen LogP contribution in [-0.2, 0) is 13.7 Å². The number of alkyl halides is 1. The minimum absolute atomic E-state index is 0.0185. The lowest BCUT2D eigenvalue weighted by Crippen LogP contribution is -2.12. The first-order valence-corrected chi connectivity index (χ1v) is 3.52. The van der Waals surface area contributed by atoms with E-state index < -0.39 is 12.6 Å². The van der Waals surface area contributed by atoms with Crippen molar-refractivity contribution in [2.45, 2.75) is 6.67 Å². The lowest BCUT2D eigenvalue weighted by molar-refractivity contribution is 0.0998. The van der Waals surface area contributed by atoms with Crippen LogP contribution in [-0.4, -0.2) is 15.7 Å². The van der Waals surface area contributed by atoms with Crippen LogP contribution >= 0.6 is 11.6 Å². The molecule has 1 aromatic heterocycles. The predicted molar refractivity (Wildman–Crippen MR) is 41.5 cm³/mol. The van der Waals surface area contributed by atoms with Gasteiger partial charge in [0.05, 0.1) is 0 Å². The number of amides is 1. The molecule has 6 heteroatoms. The highest BCUT2D eigenvalue weighted by molar-refractivity contribution is 6.33. The summed E-state index contributed by atoms with van der Waals surface area (Å²) < 4.78 is 13.4. The normalized spacial score (nSPS) is 10.2. The third kappa shape index (κ3) is 1.27. The SMILES string of the molecule is Cn1nc(CF)c(C(N)=O)c1Cl. The molecule has 0 atom stereocenters. The maximum atomic E-state index is 12.2. The molecule has 0 spiro atoms. The molecule has 0 unspecified atom stereocenters. The van der Waals surface area contributed by atoms with Crippen molar-refractivity contribution in [3.05, 3.63) is 16.4 Å². The number of primary amides is 1. The van der Waals surface area contributed by atoms with Gasteiger partial charge in [0.2, 0.25) is 0 Å². The second-order valence-electron chi connectivity index (χ2n) is 2.23. The second-order valence-corrected chi connectivity index (χ2v) is 2.59. The standard InChI is InChI=1S/C6H7ClFN3O/c1-11-5(7)4(6(9)12)3(2-8)10-11/h2H2,1H3,(H2,9,12). The highest BCUT2D eigenvalue weighted by Gasteiger charge is 2.18. The van der Waals surface area contributed by atoms with E-state index >= 15 is 0 Å². The van der Waals surface area contributed by atoms with Crippen LogP contribution in [0.3, 0.4) is 0 Å².